The molecular formula is C17H28FN3. The minimum Gasteiger partial charge on any atom is -0.349 e. The van der Waals surface area contributed by atoms with Crippen LogP contribution < -0.4 is 10.2 Å². The summed E-state index contributed by atoms with van der Waals surface area (Å²) in [5.41, 5.74) is 0.717. The number of nitrogens with zero attached hydrogens (tertiary/aromatic N) is 2. The standard InChI is InChI=1S/C17H28FN3/c1-5-15-7-6-13(4)21(15)17-16(18)14(8-9-20-17)11-19-10-12(2)3/h8-9,12-13,15,19H,5-7,10-11H2,1-4H3. The fourth-order valence-corrected chi connectivity index (χ4v) is 3.14. The molecule has 1 N–H and O–H groups in total. The van der Waals surface area contributed by atoms with Gasteiger partial charge in [0.15, 0.2) is 11.6 Å². The van der Waals surface area contributed by atoms with Crippen LogP contribution in [0.2, 0.25) is 0 Å². The average Bonchev–Trinajstić information content (AvgIpc) is 2.81. The zero-order valence-corrected chi connectivity index (χ0v) is 13.7. The van der Waals surface area contributed by atoms with Crippen LogP contribution in [-0.4, -0.2) is 23.6 Å². The normalized spacial score (nSPS) is 22.3. The topological polar surface area (TPSA) is 28.2 Å². The van der Waals surface area contributed by atoms with E-state index in [1.54, 1.807) is 12.3 Å². The van der Waals surface area contributed by atoms with Crippen molar-refractivity contribution >= 4 is 5.82 Å². The molecule has 0 aromatic carbocycles. The van der Waals surface area contributed by atoms with Crippen molar-refractivity contribution in [3.05, 3.63) is 23.6 Å². The zero-order chi connectivity index (χ0) is 15.4. The predicted molar refractivity (Wildman–Crippen MR) is 86.0 cm³/mol. The maximum atomic E-state index is 14.8. The molecular weight excluding hydrogens is 265 g/mol. The van der Waals surface area contributed by atoms with Crippen molar-refractivity contribution in [2.24, 2.45) is 5.92 Å². The number of aromatic nitrogens is 1. The summed E-state index contributed by atoms with van der Waals surface area (Å²) in [7, 11) is 0. The summed E-state index contributed by atoms with van der Waals surface area (Å²) in [6, 6.07) is 2.57. The molecule has 1 aliphatic rings. The highest BCUT2D eigenvalue weighted by Gasteiger charge is 2.32. The second-order valence-electron chi connectivity index (χ2n) is 6.53. The van der Waals surface area contributed by atoms with Crippen LogP contribution in [0.1, 0.15) is 52.5 Å². The molecule has 1 fully saturated rings. The van der Waals surface area contributed by atoms with Gasteiger partial charge in [0.05, 0.1) is 0 Å². The van der Waals surface area contributed by atoms with Gasteiger partial charge < -0.3 is 10.2 Å². The summed E-state index contributed by atoms with van der Waals surface area (Å²) in [4.78, 5) is 6.52. The van der Waals surface area contributed by atoms with E-state index in [2.05, 4.69) is 42.9 Å². The van der Waals surface area contributed by atoms with Crippen LogP contribution in [0, 0.1) is 11.7 Å². The molecule has 0 spiro atoms. The minimum atomic E-state index is -0.152. The van der Waals surface area contributed by atoms with E-state index in [-0.39, 0.29) is 5.82 Å². The quantitative estimate of drug-likeness (QED) is 0.866. The first-order valence-electron chi connectivity index (χ1n) is 8.17. The van der Waals surface area contributed by atoms with Crippen molar-refractivity contribution in [1.82, 2.24) is 10.3 Å². The highest BCUT2D eigenvalue weighted by atomic mass is 19.1. The van der Waals surface area contributed by atoms with Crippen LogP contribution in [0.25, 0.3) is 0 Å². The Kier molecular flexibility index (Phi) is 5.57. The van der Waals surface area contributed by atoms with Gasteiger partial charge in [0.1, 0.15) is 0 Å². The van der Waals surface area contributed by atoms with Crippen molar-refractivity contribution < 1.29 is 4.39 Å². The fourth-order valence-electron chi connectivity index (χ4n) is 3.14. The zero-order valence-electron chi connectivity index (χ0n) is 13.7. The molecule has 2 atom stereocenters. The Balaban J connectivity index is 2.17. The highest BCUT2D eigenvalue weighted by Crippen LogP contribution is 2.32. The molecule has 1 aromatic heterocycles. The Morgan fingerprint density at radius 2 is 2.19 bits per heavy atom. The van der Waals surface area contributed by atoms with Gasteiger partial charge in [0.2, 0.25) is 0 Å². The van der Waals surface area contributed by atoms with E-state index in [0.717, 1.165) is 31.4 Å². The van der Waals surface area contributed by atoms with Crippen LogP contribution in [-0.2, 0) is 6.54 Å². The van der Waals surface area contributed by atoms with Crippen LogP contribution in [0.4, 0.5) is 10.2 Å². The van der Waals surface area contributed by atoms with Crippen molar-refractivity contribution in [1.29, 1.82) is 0 Å². The first kappa shape index (κ1) is 16.2. The molecule has 0 bridgehead atoms. The van der Waals surface area contributed by atoms with Crippen LogP contribution in [0.3, 0.4) is 0 Å². The molecule has 0 amide bonds. The molecule has 3 nitrogen and oxygen atoms in total. The summed E-state index contributed by atoms with van der Waals surface area (Å²) in [5.74, 6) is 0.953. The van der Waals surface area contributed by atoms with Gasteiger partial charge in [0, 0.05) is 30.4 Å². The molecule has 0 aliphatic carbocycles. The Morgan fingerprint density at radius 1 is 1.43 bits per heavy atom. The third-order valence-electron chi connectivity index (χ3n) is 4.32. The SMILES string of the molecule is CCC1CCC(C)N1c1nccc(CNCC(C)C)c1F. The van der Waals surface area contributed by atoms with Crippen LogP contribution >= 0.6 is 0 Å². The maximum Gasteiger partial charge on any atom is 0.170 e. The maximum absolute atomic E-state index is 14.8. The lowest BCUT2D eigenvalue weighted by Gasteiger charge is -2.29. The monoisotopic (exact) mass is 293 g/mol. The van der Waals surface area contributed by atoms with Crippen molar-refractivity contribution in [3.8, 4) is 0 Å². The Hall–Kier alpha value is -1.16. The van der Waals surface area contributed by atoms with Gasteiger partial charge >= 0.3 is 0 Å². The third-order valence-corrected chi connectivity index (χ3v) is 4.32. The summed E-state index contributed by atoms with van der Waals surface area (Å²) >= 11 is 0. The summed E-state index contributed by atoms with van der Waals surface area (Å²) < 4.78 is 14.8. The minimum absolute atomic E-state index is 0.152. The summed E-state index contributed by atoms with van der Waals surface area (Å²) in [5, 5.41) is 3.31. The van der Waals surface area contributed by atoms with E-state index < -0.39 is 0 Å². The number of hydrogen-bond donors (Lipinski definition) is 1. The molecule has 1 aromatic rings. The van der Waals surface area contributed by atoms with Gasteiger partial charge in [0.25, 0.3) is 0 Å². The van der Waals surface area contributed by atoms with Crippen molar-refractivity contribution in [2.75, 3.05) is 11.4 Å². The van der Waals surface area contributed by atoms with E-state index in [4.69, 9.17) is 0 Å². The average molecular weight is 293 g/mol. The number of hydrogen-bond acceptors (Lipinski definition) is 3. The van der Waals surface area contributed by atoms with Gasteiger partial charge in [-0.2, -0.15) is 0 Å². The first-order chi connectivity index (χ1) is 10.0. The van der Waals surface area contributed by atoms with E-state index in [0.29, 0.717) is 30.4 Å². The van der Waals surface area contributed by atoms with Crippen LogP contribution in [0.15, 0.2) is 12.3 Å². The van der Waals surface area contributed by atoms with E-state index in [1.807, 2.05) is 0 Å². The lowest BCUT2D eigenvalue weighted by atomic mass is 10.1. The predicted octanol–water partition coefficient (Wildman–Crippen LogP) is 3.73. The summed E-state index contributed by atoms with van der Waals surface area (Å²) in [6.07, 6.45) is 5.04. The smallest absolute Gasteiger partial charge is 0.170 e. The van der Waals surface area contributed by atoms with E-state index >= 15 is 0 Å². The molecule has 0 saturated carbocycles. The molecule has 118 valence electrons. The number of halogens is 1. The molecule has 21 heavy (non-hydrogen) atoms. The fraction of sp³-hybridized carbons (Fsp3) is 0.706. The van der Waals surface area contributed by atoms with Crippen molar-refractivity contribution in [3.63, 3.8) is 0 Å². The lowest BCUT2D eigenvalue weighted by Crippen LogP contribution is -2.36. The second-order valence-corrected chi connectivity index (χ2v) is 6.53. The van der Waals surface area contributed by atoms with Crippen molar-refractivity contribution in [2.45, 2.75) is 65.6 Å². The van der Waals surface area contributed by atoms with Gasteiger partial charge in [-0.25, -0.2) is 9.37 Å². The van der Waals surface area contributed by atoms with Crippen LogP contribution in [0.5, 0.6) is 0 Å². The Bertz CT molecular complexity index is 461. The van der Waals surface area contributed by atoms with Gasteiger partial charge in [-0.3, -0.25) is 0 Å². The second kappa shape index (κ2) is 7.21. The van der Waals surface area contributed by atoms with Gasteiger partial charge in [-0.05, 0) is 44.7 Å². The summed E-state index contributed by atoms with van der Waals surface area (Å²) in [6.45, 7) is 10.1. The number of anilines is 1. The molecule has 1 saturated heterocycles. The van der Waals surface area contributed by atoms with E-state index in [1.165, 1.54) is 0 Å². The van der Waals surface area contributed by atoms with Gasteiger partial charge in [-0.1, -0.05) is 20.8 Å². The largest absolute Gasteiger partial charge is 0.349 e. The highest BCUT2D eigenvalue weighted by molar-refractivity contribution is 5.46. The molecule has 2 heterocycles. The molecule has 2 rings (SSSR count). The number of pyridine rings is 1. The number of rotatable bonds is 6. The Labute approximate surface area is 127 Å². The lowest BCUT2D eigenvalue weighted by molar-refractivity contribution is 0.526. The first-order valence-corrected chi connectivity index (χ1v) is 8.17. The molecule has 0 radical (unpaired) electrons. The van der Waals surface area contributed by atoms with E-state index in [9.17, 15) is 4.39 Å². The molecule has 1 aliphatic heterocycles. The Morgan fingerprint density at radius 3 is 2.86 bits per heavy atom. The molecule has 4 heteroatoms. The number of nitrogens with one attached hydrogen (secondary N) is 1. The molecule has 2 unspecified atom stereocenters. The third kappa shape index (κ3) is 3.73. The van der Waals surface area contributed by atoms with Gasteiger partial charge in [-0.15, -0.1) is 0 Å².